The second-order valence-corrected chi connectivity index (χ2v) is 6.05. The van der Waals surface area contributed by atoms with E-state index in [2.05, 4.69) is 10.6 Å². The third kappa shape index (κ3) is 6.34. The van der Waals surface area contributed by atoms with Crippen molar-refractivity contribution in [2.24, 2.45) is 0 Å². The minimum Gasteiger partial charge on any atom is -0.497 e. The average molecular weight is 344 g/mol. The number of benzene rings is 2. The van der Waals surface area contributed by atoms with Crippen molar-refractivity contribution in [3.05, 3.63) is 60.2 Å². The van der Waals surface area contributed by atoms with Gasteiger partial charge in [-0.1, -0.05) is 30.3 Å². The molecule has 0 bridgehead atoms. The van der Waals surface area contributed by atoms with Gasteiger partial charge in [-0.15, -0.1) is 11.8 Å². The summed E-state index contributed by atoms with van der Waals surface area (Å²) in [5.74, 6) is 0.677. The topological polar surface area (TPSA) is 67.4 Å². The monoisotopic (exact) mass is 344 g/mol. The van der Waals surface area contributed by atoms with E-state index < -0.39 is 0 Å². The van der Waals surface area contributed by atoms with Crippen LogP contribution in [0.3, 0.4) is 0 Å². The van der Waals surface area contributed by atoms with Crippen LogP contribution in [-0.2, 0) is 16.1 Å². The Bertz CT molecular complexity index is 660. The van der Waals surface area contributed by atoms with E-state index in [0.29, 0.717) is 6.54 Å². The molecule has 0 spiro atoms. The van der Waals surface area contributed by atoms with E-state index in [1.807, 2.05) is 54.6 Å². The van der Waals surface area contributed by atoms with Crippen molar-refractivity contribution in [1.82, 2.24) is 10.6 Å². The SMILES string of the molecule is COc1ccc(CNC(=O)CNC(=O)CSc2ccccc2)cc1. The van der Waals surface area contributed by atoms with E-state index in [-0.39, 0.29) is 24.1 Å². The fourth-order valence-electron chi connectivity index (χ4n) is 1.90. The molecule has 0 heterocycles. The lowest BCUT2D eigenvalue weighted by molar-refractivity contribution is -0.124. The van der Waals surface area contributed by atoms with Gasteiger partial charge >= 0.3 is 0 Å². The van der Waals surface area contributed by atoms with E-state index in [4.69, 9.17) is 4.74 Å². The largest absolute Gasteiger partial charge is 0.497 e. The van der Waals surface area contributed by atoms with Gasteiger partial charge < -0.3 is 15.4 Å². The number of rotatable bonds is 8. The van der Waals surface area contributed by atoms with E-state index >= 15 is 0 Å². The highest BCUT2D eigenvalue weighted by molar-refractivity contribution is 8.00. The average Bonchev–Trinajstić information content (AvgIpc) is 2.64. The number of amides is 2. The number of nitrogens with one attached hydrogen (secondary N) is 2. The van der Waals surface area contributed by atoms with Crippen molar-refractivity contribution in [2.45, 2.75) is 11.4 Å². The zero-order chi connectivity index (χ0) is 17.2. The van der Waals surface area contributed by atoms with Gasteiger partial charge in [0, 0.05) is 11.4 Å². The first-order valence-corrected chi connectivity index (χ1v) is 8.50. The Balaban J connectivity index is 1.64. The number of thioether (sulfide) groups is 1. The highest BCUT2D eigenvalue weighted by Gasteiger charge is 2.06. The van der Waals surface area contributed by atoms with Crippen LogP contribution < -0.4 is 15.4 Å². The summed E-state index contributed by atoms with van der Waals surface area (Å²) in [5, 5.41) is 5.38. The maximum absolute atomic E-state index is 11.8. The van der Waals surface area contributed by atoms with Gasteiger partial charge in [0.25, 0.3) is 0 Å². The molecule has 0 aliphatic heterocycles. The van der Waals surface area contributed by atoms with Gasteiger partial charge in [0.05, 0.1) is 19.4 Å². The van der Waals surface area contributed by atoms with Crippen LogP contribution in [0.25, 0.3) is 0 Å². The van der Waals surface area contributed by atoms with Crippen molar-refractivity contribution in [2.75, 3.05) is 19.4 Å². The Kier molecular flexibility index (Phi) is 7.17. The molecule has 0 aliphatic rings. The smallest absolute Gasteiger partial charge is 0.239 e. The molecule has 5 nitrogen and oxygen atoms in total. The molecule has 2 aromatic carbocycles. The summed E-state index contributed by atoms with van der Waals surface area (Å²) in [5.41, 5.74) is 0.968. The minimum absolute atomic E-state index is 0.0235. The van der Waals surface area contributed by atoms with Crippen molar-refractivity contribution < 1.29 is 14.3 Å². The van der Waals surface area contributed by atoms with Gasteiger partial charge in [-0.3, -0.25) is 9.59 Å². The molecule has 2 N–H and O–H groups in total. The molecule has 0 saturated carbocycles. The molecule has 0 aromatic heterocycles. The van der Waals surface area contributed by atoms with Gasteiger partial charge in [0.15, 0.2) is 0 Å². The Morgan fingerprint density at radius 1 is 0.958 bits per heavy atom. The van der Waals surface area contributed by atoms with Gasteiger partial charge in [-0.25, -0.2) is 0 Å². The second kappa shape index (κ2) is 9.62. The zero-order valence-electron chi connectivity index (χ0n) is 13.5. The maximum atomic E-state index is 11.8. The third-order valence-electron chi connectivity index (χ3n) is 3.21. The van der Waals surface area contributed by atoms with Crippen LogP contribution in [0.1, 0.15) is 5.56 Å². The molecular weight excluding hydrogens is 324 g/mol. The molecule has 0 aliphatic carbocycles. The lowest BCUT2D eigenvalue weighted by atomic mass is 10.2. The lowest BCUT2D eigenvalue weighted by Gasteiger charge is -2.08. The van der Waals surface area contributed by atoms with Gasteiger partial charge in [-0.2, -0.15) is 0 Å². The Morgan fingerprint density at radius 2 is 1.67 bits per heavy atom. The molecule has 0 atom stereocenters. The van der Waals surface area contributed by atoms with Crippen LogP contribution in [0.15, 0.2) is 59.5 Å². The lowest BCUT2D eigenvalue weighted by Crippen LogP contribution is -2.37. The highest BCUT2D eigenvalue weighted by atomic mass is 32.2. The number of methoxy groups -OCH3 is 1. The van der Waals surface area contributed by atoms with Crippen molar-refractivity contribution in [1.29, 1.82) is 0 Å². The van der Waals surface area contributed by atoms with E-state index in [9.17, 15) is 9.59 Å². The molecule has 0 unspecified atom stereocenters. The Morgan fingerprint density at radius 3 is 2.33 bits per heavy atom. The molecule has 2 amide bonds. The van der Waals surface area contributed by atoms with E-state index in [1.54, 1.807) is 7.11 Å². The first kappa shape index (κ1) is 17.9. The van der Waals surface area contributed by atoms with Crippen LogP contribution in [0, 0.1) is 0 Å². The summed E-state index contributed by atoms with van der Waals surface area (Å²) < 4.78 is 5.08. The quantitative estimate of drug-likeness (QED) is 0.721. The molecule has 0 fully saturated rings. The molecule has 126 valence electrons. The fourth-order valence-corrected chi connectivity index (χ4v) is 2.65. The molecule has 0 saturated heterocycles. The van der Waals surface area contributed by atoms with Crippen LogP contribution >= 0.6 is 11.8 Å². The summed E-state index contributed by atoms with van der Waals surface area (Å²) in [6.07, 6.45) is 0. The van der Waals surface area contributed by atoms with Gasteiger partial charge in [-0.05, 0) is 29.8 Å². The Hall–Kier alpha value is -2.47. The number of hydrogen-bond donors (Lipinski definition) is 2. The van der Waals surface area contributed by atoms with Crippen molar-refractivity contribution >= 4 is 23.6 Å². The van der Waals surface area contributed by atoms with Gasteiger partial charge in [0.2, 0.25) is 11.8 Å². The number of hydrogen-bond acceptors (Lipinski definition) is 4. The predicted octanol–water partition coefficient (Wildman–Crippen LogP) is 2.22. The first-order valence-electron chi connectivity index (χ1n) is 7.51. The maximum Gasteiger partial charge on any atom is 0.239 e. The second-order valence-electron chi connectivity index (χ2n) is 5.00. The van der Waals surface area contributed by atoms with Crippen molar-refractivity contribution in [3.63, 3.8) is 0 Å². The van der Waals surface area contributed by atoms with Crippen LogP contribution in [-0.4, -0.2) is 31.2 Å². The molecule has 6 heteroatoms. The van der Waals surface area contributed by atoms with Crippen LogP contribution in [0.5, 0.6) is 5.75 Å². The van der Waals surface area contributed by atoms with Gasteiger partial charge in [0.1, 0.15) is 5.75 Å². The molecule has 0 radical (unpaired) electrons. The first-order chi connectivity index (χ1) is 11.7. The normalized spacial score (nSPS) is 10.0. The number of carbonyl (C=O) groups excluding carboxylic acids is 2. The summed E-state index contributed by atoms with van der Waals surface area (Å²) in [6.45, 7) is 0.391. The van der Waals surface area contributed by atoms with Crippen molar-refractivity contribution in [3.8, 4) is 5.75 Å². The highest BCUT2D eigenvalue weighted by Crippen LogP contribution is 2.16. The zero-order valence-corrected chi connectivity index (χ0v) is 14.3. The number of ether oxygens (including phenoxy) is 1. The summed E-state index contributed by atoms with van der Waals surface area (Å²) in [7, 11) is 1.61. The molecule has 2 aromatic rings. The molecule has 2 rings (SSSR count). The van der Waals surface area contributed by atoms with E-state index in [0.717, 1.165) is 16.2 Å². The predicted molar refractivity (Wildman–Crippen MR) is 95.0 cm³/mol. The Labute approximate surface area is 145 Å². The van der Waals surface area contributed by atoms with E-state index in [1.165, 1.54) is 11.8 Å². The molecular formula is C18H20N2O3S. The number of carbonyl (C=O) groups is 2. The summed E-state index contributed by atoms with van der Waals surface area (Å²) >= 11 is 1.44. The van der Waals surface area contributed by atoms with Crippen LogP contribution in [0.2, 0.25) is 0 Å². The summed E-state index contributed by atoms with van der Waals surface area (Å²) in [4.78, 5) is 24.5. The van der Waals surface area contributed by atoms with Crippen LogP contribution in [0.4, 0.5) is 0 Å². The third-order valence-corrected chi connectivity index (χ3v) is 4.22. The molecule has 24 heavy (non-hydrogen) atoms. The standard InChI is InChI=1S/C18H20N2O3S/c1-23-15-9-7-14(8-10-15)11-19-17(21)12-20-18(22)13-24-16-5-3-2-4-6-16/h2-10H,11-13H2,1H3,(H,19,21)(H,20,22). The minimum atomic E-state index is -0.219. The summed E-state index contributed by atoms with van der Waals surface area (Å²) in [6, 6.07) is 17.1. The fraction of sp³-hybridized carbons (Fsp3) is 0.222.